The van der Waals surface area contributed by atoms with Crippen LogP contribution in [0.1, 0.15) is 25.7 Å². The number of nitrogens with zero attached hydrogens (tertiary/aromatic N) is 1. The quantitative estimate of drug-likeness (QED) is 0.565. The molecule has 134 valence electrons. The fourth-order valence-corrected chi connectivity index (χ4v) is 3.73. The molecule has 2 aromatic rings. The van der Waals surface area contributed by atoms with Gasteiger partial charge in [-0.2, -0.15) is 0 Å². The first-order valence-corrected chi connectivity index (χ1v) is 9.36. The maximum atomic E-state index is 12.0. The smallest absolute Gasteiger partial charge is 0.237 e. The minimum atomic E-state index is -0.0823. The normalized spacial score (nSPS) is 16.8. The molecule has 0 unspecified atom stereocenters. The summed E-state index contributed by atoms with van der Waals surface area (Å²) in [4.78, 5) is 28.3. The summed E-state index contributed by atoms with van der Waals surface area (Å²) in [6.45, 7) is 1.41. The minimum absolute atomic E-state index is 0.0319. The highest BCUT2D eigenvalue weighted by Gasteiger charge is 2.21. The van der Waals surface area contributed by atoms with Crippen molar-refractivity contribution in [1.29, 1.82) is 0 Å². The lowest BCUT2D eigenvalue weighted by atomic mass is 10.2. The van der Waals surface area contributed by atoms with Gasteiger partial charge in [-0.05, 0) is 44.0 Å². The number of thiazole rings is 1. The Morgan fingerprint density at radius 2 is 2.28 bits per heavy atom. The monoisotopic (exact) mass is 361 g/mol. The van der Waals surface area contributed by atoms with E-state index in [1.165, 1.54) is 11.3 Å². The molecule has 4 N–H and O–H groups in total. The Labute approximate surface area is 150 Å². The van der Waals surface area contributed by atoms with Crippen molar-refractivity contribution in [3.8, 4) is 0 Å². The van der Waals surface area contributed by atoms with Crippen molar-refractivity contribution < 1.29 is 9.59 Å². The molecule has 1 atom stereocenters. The number of anilines is 2. The standard InChI is InChI=1S/C17H23N5O2S/c1-18-11-6-7-12-14(10-11)25-17(21-12)22-15(23)5-3-9-20-16(24)13-4-2-8-19-13/h6-7,10,13,18-19H,2-5,8-9H2,1H3,(H,20,24)(H,21,22,23)/t13-/m1/s1. The zero-order valence-electron chi connectivity index (χ0n) is 14.2. The number of carbonyl (C=O) groups is 2. The van der Waals surface area contributed by atoms with Crippen LogP contribution in [0.2, 0.25) is 0 Å². The van der Waals surface area contributed by atoms with Crippen LogP contribution in [-0.2, 0) is 9.59 Å². The van der Waals surface area contributed by atoms with Gasteiger partial charge in [0.15, 0.2) is 5.13 Å². The first kappa shape index (κ1) is 17.6. The van der Waals surface area contributed by atoms with Crippen molar-refractivity contribution in [3.05, 3.63) is 18.2 Å². The van der Waals surface area contributed by atoms with Crippen LogP contribution in [0.5, 0.6) is 0 Å². The van der Waals surface area contributed by atoms with Crippen LogP contribution in [0.15, 0.2) is 18.2 Å². The van der Waals surface area contributed by atoms with Crippen LogP contribution in [0.4, 0.5) is 10.8 Å². The van der Waals surface area contributed by atoms with E-state index in [1.807, 2.05) is 25.2 Å². The molecule has 1 aliphatic heterocycles. The van der Waals surface area contributed by atoms with E-state index in [2.05, 4.69) is 26.3 Å². The van der Waals surface area contributed by atoms with Gasteiger partial charge < -0.3 is 21.3 Å². The first-order chi connectivity index (χ1) is 12.2. The Morgan fingerprint density at radius 1 is 1.40 bits per heavy atom. The molecule has 0 saturated carbocycles. The summed E-state index contributed by atoms with van der Waals surface area (Å²) in [6, 6.07) is 5.82. The lowest BCUT2D eigenvalue weighted by Crippen LogP contribution is -2.40. The number of amides is 2. The van der Waals surface area contributed by atoms with Gasteiger partial charge in [0.2, 0.25) is 11.8 Å². The summed E-state index contributed by atoms with van der Waals surface area (Å²) in [5.41, 5.74) is 1.89. The molecule has 1 aliphatic rings. The minimum Gasteiger partial charge on any atom is -0.388 e. The molecular weight excluding hydrogens is 338 g/mol. The number of hydrogen-bond donors (Lipinski definition) is 4. The van der Waals surface area contributed by atoms with E-state index in [0.717, 1.165) is 35.3 Å². The summed E-state index contributed by atoms with van der Waals surface area (Å²) in [5, 5.41) is 12.6. The molecule has 7 nitrogen and oxygen atoms in total. The summed E-state index contributed by atoms with van der Waals surface area (Å²) >= 11 is 1.45. The maximum Gasteiger partial charge on any atom is 0.237 e. The molecule has 0 spiro atoms. The van der Waals surface area contributed by atoms with E-state index < -0.39 is 0 Å². The molecule has 1 aromatic carbocycles. The molecule has 0 radical (unpaired) electrons. The third kappa shape index (κ3) is 4.67. The molecule has 0 aliphatic carbocycles. The second kappa shape index (κ2) is 8.26. The van der Waals surface area contributed by atoms with Gasteiger partial charge in [-0.15, -0.1) is 0 Å². The molecular formula is C17H23N5O2S. The molecule has 0 bridgehead atoms. The number of benzene rings is 1. The largest absolute Gasteiger partial charge is 0.388 e. The molecule has 1 saturated heterocycles. The maximum absolute atomic E-state index is 12.0. The fourth-order valence-electron chi connectivity index (χ4n) is 2.81. The summed E-state index contributed by atoms with van der Waals surface area (Å²) in [6.07, 6.45) is 2.90. The fraction of sp³-hybridized carbons (Fsp3) is 0.471. The number of hydrogen-bond acceptors (Lipinski definition) is 6. The molecule has 1 aromatic heterocycles. The Bertz CT molecular complexity index is 755. The van der Waals surface area contributed by atoms with E-state index in [4.69, 9.17) is 0 Å². The third-order valence-corrected chi connectivity index (χ3v) is 5.11. The highest BCUT2D eigenvalue weighted by atomic mass is 32.1. The van der Waals surface area contributed by atoms with Crippen molar-refractivity contribution in [3.63, 3.8) is 0 Å². The van der Waals surface area contributed by atoms with Crippen LogP contribution in [-0.4, -0.2) is 43.0 Å². The van der Waals surface area contributed by atoms with Crippen LogP contribution >= 0.6 is 11.3 Å². The lowest BCUT2D eigenvalue weighted by molar-refractivity contribution is -0.123. The topological polar surface area (TPSA) is 95.2 Å². The van der Waals surface area contributed by atoms with E-state index in [0.29, 0.717) is 24.5 Å². The number of aromatic nitrogens is 1. The van der Waals surface area contributed by atoms with Crippen molar-refractivity contribution in [2.75, 3.05) is 30.8 Å². The predicted molar refractivity (Wildman–Crippen MR) is 101 cm³/mol. The molecule has 3 rings (SSSR count). The first-order valence-electron chi connectivity index (χ1n) is 8.55. The number of fused-ring (bicyclic) bond motifs is 1. The van der Waals surface area contributed by atoms with Crippen LogP contribution in [0.3, 0.4) is 0 Å². The van der Waals surface area contributed by atoms with E-state index in [-0.39, 0.29) is 17.9 Å². The molecule has 2 heterocycles. The van der Waals surface area contributed by atoms with Crippen molar-refractivity contribution in [2.45, 2.75) is 31.7 Å². The van der Waals surface area contributed by atoms with Gasteiger partial charge in [0.05, 0.1) is 16.3 Å². The number of rotatable bonds is 7. The SMILES string of the molecule is CNc1ccc2nc(NC(=O)CCCNC(=O)[C@H]3CCCN3)sc2c1. The van der Waals surface area contributed by atoms with Gasteiger partial charge in [0, 0.05) is 25.7 Å². The summed E-state index contributed by atoms with van der Waals surface area (Å²) < 4.78 is 1.03. The second-order valence-electron chi connectivity index (χ2n) is 6.04. The highest BCUT2D eigenvalue weighted by Crippen LogP contribution is 2.28. The summed E-state index contributed by atoms with van der Waals surface area (Å²) in [5.74, 6) is -0.0504. The Balaban J connectivity index is 1.42. The Kier molecular flexibility index (Phi) is 5.83. The van der Waals surface area contributed by atoms with Gasteiger partial charge in [0.1, 0.15) is 0 Å². The van der Waals surface area contributed by atoms with Crippen LogP contribution in [0.25, 0.3) is 10.2 Å². The number of nitrogens with one attached hydrogen (secondary N) is 4. The van der Waals surface area contributed by atoms with Crippen LogP contribution in [0, 0.1) is 0 Å². The highest BCUT2D eigenvalue weighted by molar-refractivity contribution is 7.22. The van der Waals surface area contributed by atoms with Crippen molar-refractivity contribution >= 4 is 44.2 Å². The molecule has 2 amide bonds. The van der Waals surface area contributed by atoms with Crippen LogP contribution < -0.4 is 21.3 Å². The molecule has 25 heavy (non-hydrogen) atoms. The van der Waals surface area contributed by atoms with Crippen molar-refractivity contribution in [2.24, 2.45) is 0 Å². The average Bonchev–Trinajstić information content (AvgIpc) is 3.26. The zero-order chi connectivity index (χ0) is 17.6. The van der Waals surface area contributed by atoms with Gasteiger partial charge >= 0.3 is 0 Å². The van der Waals surface area contributed by atoms with E-state index in [9.17, 15) is 9.59 Å². The third-order valence-electron chi connectivity index (χ3n) is 4.18. The van der Waals surface area contributed by atoms with Crippen molar-refractivity contribution in [1.82, 2.24) is 15.6 Å². The molecule has 8 heteroatoms. The lowest BCUT2D eigenvalue weighted by Gasteiger charge is -2.10. The van der Waals surface area contributed by atoms with Gasteiger partial charge in [0.25, 0.3) is 0 Å². The molecule has 1 fully saturated rings. The number of carbonyl (C=O) groups excluding carboxylic acids is 2. The van der Waals surface area contributed by atoms with E-state index in [1.54, 1.807) is 0 Å². The predicted octanol–water partition coefficient (Wildman–Crippen LogP) is 1.92. The van der Waals surface area contributed by atoms with E-state index >= 15 is 0 Å². The second-order valence-corrected chi connectivity index (χ2v) is 7.07. The zero-order valence-corrected chi connectivity index (χ0v) is 15.0. The van der Waals surface area contributed by atoms with Gasteiger partial charge in [-0.3, -0.25) is 9.59 Å². The average molecular weight is 361 g/mol. The van der Waals surface area contributed by atoms with Gasteiger partial charge in [-0.1, -0.05) is 11.3 Å². The Hall–Kier alpha value is -2.19. The Morgan fingerprint density at radius 3 is 3.04 bits per heavy atom. The van der Waals surface area contributed by atoms with Gasteiger partial charge in [-0.25, -0.2) is 4.98 Å². The summed E-state index contributed by atoms with van der Waals surface area (Å²) in [7, 11) is 1.87.